The number of fused-ring (bicyclic) bond motifs is 1. The van der Waals surface area contributed by atoms with E-state index in [1.54, 1.807) is 17.6 Å². The SMILES string of the molecule is CC(C)Oc1ccccc1/C=N\Nc1nc2ccccc2s1. The summed E-state index contributed by atoms with van der Waals surface area (Å²) < 4.78 is 6.91. The molecule has 1 heterocycles. The molecule has 0 unspecified atom stereocenters. The van der Waals surface area contributed by atoms with Gasteiger partial charge in [0.1, 0.15) is 5.75 Å². The summed E-state index contributed by atoms with van der Waals surface area (Å²) in [7, 11) is 0. The highest BCUT2D eigenvalue weighted by Crippen LogP contribution is 2.25. The van der Waals surface area contributed by atoms with Crippen LogP contribution in [-0.4, -0.2) is 17.3 Å². The Balaban J connectivity index is 1.74. The molecule has 0 saturated carbocycles. The van der Waals surface area contributed by atoms with Crippen molar-refractivity contribution in [3.8, 4) is 5.75 Å². The van der Waals surface area contributed by atoms with Gasteiger partial charge in [-0.3, -0.25) is 5.43 Å². The van der Waals surface area contributed by atoms with Gasteiger partial charge in [0.15, 0.2) is 0 Å². The standard InChI is InChI=1S/C17H17N3OS/c1-12(2)21-15-9-5-3-7-13(15)11-18-20-17-19-14-8-4-6-10-16(14)22-17/h3-12H,1-2H3,(H,19,20)/b18-11-. The Kier molecular flexibility index (Phi) is 4.34. The minimum atomic E-state index is 0.131. The van der Waals surface area contributed by atoms with Crippen LogP contribution in [0.25, 0.3) is 10.2 Å². The normalized spacial score (nSPS) is 11.4. The molecule has 3 rings (SSSR count). The van der Waals surface area contributed by atoms with Crippen LogP contribution in [0, 0.1) is 0 Å². The molecule has 0 atom stereocenters. The molecule has 2 aromatic carbocycles. The van der Waals surface area contributed by atoms with E-state index in [1.165, 1.54) is 0 Å². The van der Waals surface area contributed by atoms with Crippen LogP contribution in [0.2, 0.25) is 0 Å². The molecular weight excluding hydrogens is 294 g/mol. The number of ether oxygens (including phenoxy) is 1. The lowest BCUT2D eigenvalue weighted by atomic mass is 10.2. The maximum absolute atomic E-state index is 5.76. The molecule has 0 aliphatic rings. The first-order valence-electron chi connectivity index (χ1n) is 7.13. The number of nitrogens with zero attached hydrogens (tertiary/aromatic N) is 2. The van der Waals surface area contributed by atoms with E-state index < -0.39 is 0 Å². The molecular formula is C17H17N3OS. The topological polar surface area (TPSA) is 46.5 Å². The van der Waals surface area contributed by atoms with Crippen LogP contribution in [0.4, 0.5) is 5.13 Å². The lowest BCUT2D eigenvalue weighted by Crippen LogP contribution is -2.07. The van der Waals surface area contributed by atoms with Crippen molar-refractivity contribution in [2.45, 2.75) is 20.0 Å². The lowest BCUT2D eigenvalue weighted by molar-refractivity contribution is 0.242. The second-order valence-electron chi connectivity index (χ2n) is 5.06. The summed E-state index contributed by atoms with van der Waals surface area (Å²) in [5.74, 6) is 0.826. The zero-order chi connectivity index (χ0) is 15.4. The Bertz CT molecular complexity index is 762. The molecule has 0 fully saturated rings. The highest BCUT2D eigenvalue weighted by molar-refractivity contribution is 7.22. The second kappa shape index (κ2) is 6.58. The predicted octanol–water partition coefficient (Wildman–Crippen LogP) is 4.53. The van der Waals surface area contributed by atoms with Crippen LogP contribution in [0.3, 0.4) is 0 Å². The first-order valence-corrected chi connectivity index (χ1v) is 7.94. The summed E-state index contributed by atoms with van der Waals surface area (Å²) in [5.41, 5.74) is 4.90. The van der Waals surface area contributed by atoms with Crippen molar-refractivity contribution >= 4 is 32.9 Å². The number of hydrogen-bond acceptors (Lipinski definition) is 5. The van der Waals surface area contributed by atoms with Gasteiger partial charge in [-0.2, -0.15) is 5.10 Å². The van der Waals surface area contributed by atoms with Crippen LogP contribution in [0.15, 0.2) is 53.6 Å². The van der Waals surface area contributed by atoms with E-state index in [4.69, 9.17) is 4.74 Å². The van der Waals surface area contributed by atoms with E-state index in [-0.39, 0.29) is 6.10 Å². The van der Waals surface area contributed by atoms with Crippen LogP contribution in [-0.2, 0) is 0 Å². The zero-order valence-electron chi connectivity index (χ0n) is 12.5. The fourth-order valence-corrected chi connectivity index (χ4v) is 2.84. The molecule has 0 radical (unpaired) electrons. The number of anilines is 1. The van der Waals surface area contributed by atoms with Crippen molar-refractivity contribution < 1.29 is 4.74 Å². The molecule has 3 aromatic rings. The van der Waals surface area contributed by atoms with Gasteiger partial charge in [0.2, 0.25) is 5.13 Å². The van der Waals surface area contributed by atoms with Gasteiger partial charge in [-0.05, 0) is 38.1 Å². The number of hydrogen-bond donors (Lipinski definition) is 1. The Morgan fingerprint density at radius 1 is 1.14 bits per heavy atom. The zero-order valence-corrected chi connectivity index (χ0v) is 13.3. The Hall–Kier alpha value is -2.40. The number of rotatable bonds is 5. The monoisotopic (exact) mass is 311 g/mol. The number of nitrogens with one attached hydrogen (secondary N) is 1. The van der Waals surface area contributed by atoms with Crippen molar-refractivity contribution in [3.63, 3.8) is 0 Å². The van der Waals surface area contributed by atoms with Crippen molar-refractivity contribution in [1.29, 1.82) is 0 Å². The van der Waals surface area contributed by atoms with E-state index in [0.29, 0.717) is 0 Å². The smallest absolute Gasteiger partial charge is 0.204 e. The largest absolute Gasteiger partial charge is 0.490 e. The first-order chi connectivity index (χ1) is 10.7. The molecule has 0 amide bonds. The van der Waals surface area contributed by atoms with Crippen molar-refractivity contribution in [2.75, 3.05) is 5.43 Å². The average molecular weight is 311 g/mol. The van der Waals surface area contributed by atoms with Crippen molar-refractivity contribution in [1.82, 2.24) is 4.98 Å². The van der Waals surface area contributed by atoms with Crippen LogP contribution >= 0.6 is 11.3 Å². The summed E-state index contributed by atoms with van der Waals surface area (Å²) in [6.45, 7) is 4.01. The van der Waals surface area contributed by atoms with E-state index in [2.05, 4.69) is 15.5 Å². The van der Waals surface area contributed by atoms with Gasteiger partial charge >= 0.3 is 0 Å². The quantitative estimate of drug-likeness (QED) is 0.556. The maximum Gasteiger partial charge on any atom is 0.204 e. The summed E-state index contributed by atoms with van der Waals surface area (Å²) in [6.07, 6.45) is 1.89. The van der Waals surface area contributed by atoms with Gasteiger partial charge in [0.25, 0.3) is 0 Å². The minimum Gasteiger partial charge on any atom is -0.490 e. The highest BCUT2D eigenvalue weighted by atomic mass is 32.1. The summed E-state index contributed by atoms with van der Waals surface area (Å²) >= 11 is 1.58. The van der Waals surface area contributed by atoms with E-state index in [9.17, 15) is 0 Å². The Morgan fingerprint density at radius 3 is 2.73 bits per heavy atom. The van der Waals surface area contributed by atoms with Crippen molar-refractivity contribution in [2.24, 2.45) is 5.10 Å². The average Bonchev–Trinajstić information content (AvgIpc) is 2.91. The Labute approximate surface area is 133 Å². The fraction of sp³-hybridized carbons (Fsp3) is 0.176. The molecule has 4 nitrogen and oxygen atoms in total. The van der Waals surface area contributed by atoms with E-state index in [0.717, 1.165) is 26.7 Å². The third kappa shape index (κ3) is 3.43. The molecule has 1 N–H and O–H groups in total. The molecule has 1 aromatic heterocycles. The molecule has 0 bridgehead atoms. The molecule has 5 heteroatoms. The minimum absolute atomic E-state index is 0.131. The molecule has 0 aliphatic heterocycles. The molecule has 0 saturated heterocycles. The van der Waals surface area contributed by atoms with Gasteiger partial charge in [-0.1, -0.05) is 35.6 Å². The summed E-state index contributed by atoms with van der Waals surface area (Å²) in [6, 6.07) is 15.9. The van der Waals surface area contributed by atoms with Crippen molar-refractivity contribution in [3.05, 3.63) is 54.1 Å². The van der Waals surface area contributed by atoms with Crippen LogP contribution in [0.5, 0.6) is 5.75 Å². The lowest BCUT2D eigenvalue weighted by Gasteiger charge is -2.11. The van der Waals surface area contributed by atoms with Crippen LogP contribution in [0.1, 0.15) is 19.4 Å². The van der Waals surface area contributed by atoms with E-state index >= 15 is 0 Å². The van der Waals surface area contributed by atoms with Crippen LogP contribution < -0.4 is 10.2 Å². The Morgan fingerprint density at radius 2 is 1.91 bits per heavy atom. The van der Waals surface area contributed by atoms with E-state index in [1.807, 2.05) is 62.4 Å². The first kappa shape index (κ1) is 14.5. The second-order valence-corrected chi connectivity index (χ2v) is 6.09. The number of benzene rings is 2. The maximum atomic E-state index is 5.76. The van der Waals surface area contributed by atoms with Gasteiger partial charge in [0, 0.05) is 5.56 Å². The molecule has 0 spiro atoms. The summed E-state index contributed by atoms with van der Waals surface area (Å²) in [4.78, 5) is 4.48. The number of thiazole rings is 1. The number of para-hydroxylation sites is 2. The third-order valence-corrected chi connectivity index (χ3v) is 3.88. The number of hydrazone groups is 1. The third-order valence-electron chi connectivity index (χ3n) is 2.94. The molecule has 112 valence electrons. The number of aromatic nitrogens is 1. The fourth-order valence-electron chi connectivity index (χ4n) is 2.03. The predicted molar refractivity (Wildman–Crippen MR) is 93.0 cm³/mol. The van der Waals surface area contributed by atoms with Gasteiger partial charge in [0.05, 0.1) is 22.5 Å². The van der Waals surface area contributed by atoms with Gasteiger partial charge < -0.3 is 4.74 Å². The van der Waals surface area contributed by atoms with Gasteiger partial charge in [-0.25, -0.2) is 4.98 Å². The highest BCUT2D eigenvalue weighted by Gasteiger charge is 2.03. The summed E-state index contributed by atoms with van der Waals surface area (Å²) in [5, 5.41) is 5.05. The van der Waals surface area contributed by atoms with Gasteiger partial charge in [-0.15, -0.1) is 0 Å². The molecule has 0 aliphatic carbocycles. The molecule has 22 heavy (non-hydrogen) atoms.